The van der Waals surface area contributed by atoms with Gasteiger partial charge in [0, 0.05) is 32.1 Å². The molecule has 0 saturated heterocycles. The van der Waals surface area contributed by atoms with Gasteiger partial charge in [0.25, 0.3) is 0 Å². The number of likely N-dealkylation sites (N-methyl/N-ethyl adjacent to an activating group) is 1. The van der Waals surface area contributed by atoms with E-state index in [0.717, 1.165) is 43.2 Å². The van der Waals surface area contributed by atoms with Crippen LogP contribution in [0.2, 0.25) is 0 Å². The van der Waals surface area contributed by atoms with E-state index in [0.29, 0.717) is 0 Å². The summed E-state index contributed by atoms with van der Waals surface area (Å²) in [7, 11) is 2.11. The number of aryl methyl sites for hydroxylation is 1. The molecule has 1 atom stereocenters. The third-order valence-electron chi connectivity index (χ3n) is 3.74. The number of benzene rings is 1. The molecule has 0 aliphatic carbocycles. The molecule has 1 aliphatic heterocycles. The SMILES string of the molecule is CCc1nccc(CN(C)C[C@@H]2Cc3ccccc3O2)n1. The molecule has 0 bridgehead atoms. The molecule has 0 radical (unpaired) electrons. The molecular formula is C17H21N3O. The highest BCUT2D eigenvalue weighted by Crippen LogP contribution is 2.28. The summed E-state index contributed by atoms with van der Waals surface area (Å²) in [6.45, 7) is 3.80. The molecule has 3 rings (SSSR count). The van der Waals surface area contributed by atoms with Crippen molar-refractivity contribution in [2.75, 3.05) is 13.6 Å². The van der Waals surface area contributed by atoms with Gasteiger partial charge in [0.15, 0.2) is 0 Å². The highest BCUT2D eigenvalue weighted by Gasteiger charge is 2.23. The Morgan fingerprint density at radius 2 is 2.14 bits per heavy atom. The molecule has 0 saturated carbocycles. The van der Waals surface area contributed by atoms with Crippen molar-refractivity contribution in [1.82, 2.24) is 14.9 Å². The third kappa shape index (κ3) is 3.39. The average molecular weight is 283 g/mol. The number of aromatic nitrogens is 2. The molecule has 110 valence electrons. The van der Waals surface area contributed by atoms with Gasteiger partial charge in [0.1, 0.15) is 17.7 Å². The Kier molecular flexibility index (Phi) is 4.15. The van der Waals surface area contributed by atoms with Crippen LogP contribution >= 0.6 is 0 Å². The largest absolute Gasteiger partial charge is 0.488 e. The maximum Gasteiger partial charge on any atom is 0.128 e. The van der Waals surface area contributed by atoms with E-state index in [2.05, 4.69) is 41.0 Å². The standard InChI is InChI=1S/C17H21N3O/c1-3-17-18-9-8-14(19-17)11-20(2)12-15-10-13-6-4-5-7-16(13)21-15/h4-9,15H,3,10-12H2,1-2H3/t15-/m0/s1. The van der Waals surface area contributed by atoms with Crippen LogP contribution in [0.15, 0.2) is 36.5 Å². The average Bonchev–Trinajstić information content (AvgIpc) is 2.89. The minimum Gasteiger partial charge on any atom is -0.488 e. The summed E-state index contributed by atoms with van der Waals surface area (Å²) in [5, 5.41) is 0. The number of hydrogen-bond donors (Lipinski definition) is 0. The van der Waals surface area contributed by atoms with Crippen molar-refractivity contribution in [3.63, 3.8) is 0 Å². The lowest BCUT2D eigenvalue weighted by Gasteiger charge is -2.20. The van der Waals surface area contributed by atoms with Gasteiger partial charge in [-0.15, -0.1) is 0 Å². The zero-order chi connectivity index (χ0) is 14.7. The van der Waals surface area contributed by atoms with Crippen LogP contribution in [0.3, 0.4) is 0 Å². The molecule has 4 heteroatoms. The Labute approximate surface area is 125 Å². The first kappa shape index (κ1) is 14.0. The number of nitrogens with zero attached hydrogens (tertiary/aromatic N) is 3. The minimum atomic E-state index is 0.236. The highest BCUT2D eigenvalue weighted by molar-refractivity contribution is 5.37. The minimum absolute atomic E-state index is 0.236. The lowest BCUT2D eigenvalue weighted by atomic mass is 10.1. The van der Waals surface area contributed by atoms with E-state index in [1.165, 1.54) is 5.56 Å². The van der Waals surface area contributed by atoms with Gasteiger partial charge >= 0.3 is 0 Å². The van der Waals surface area contributed by atoms with Crippen LogP contribution in [-0.2, 0) is 19.4 Å². The Bertz CT molecular complexity index is 589. The molecule has 0 unspecified atom stereocenters. The molecule has 0 N–H and O–H groups in total. The van der Waals surface area contributed by atoms with Gasteiger partial charge in [-0.2, -0.15) is 0 Å². The molecule has 1 aromatic carbocycles. The first-order valence-electron chi connectivity index (χ1n) is 7.48. The number of rotatable bonds is 5. The van der Waals surface area contributed by atoms with Crippen LogP contribution in [0.1, 0.15) is 24.0 Å². The molecular weight excluding hydrogens is 262 g/mol. The lowest BCUT2D eigenvalue weighted by molar-refractivity contribution is 0.164. The molecule has 0 amide bonds. The topological polar surface area (TPSA) is 38.2 Å². The highest BCUT2D eigenvalue weighted by atomic mass is 16.5. The van der Waals surface area contributed by atoms with Crippen molar-refractivity contribution in [2.45, 2.75) is 32.4 Å². The van der Waals surface area contributed by atoms with Crippen molar-refractivity contribution in [3.05, 3.63) is 53.6 Å². The zero-order valence-electron chi connectivity index (χ0n) is 12.6. The van der Waals surface area contributed by atoms with Gasteiger partial charge in [-0.25, -0.2) is 9.97 Å². The monoisotopic (exact) mass is 283 g/mol. The van der Waals surface area contributed by atoms with Crippen LogP contribution in [0.25, 0.3) is 0 Å². The summed E-state index contributed by atoms with van der Waals surface area (Å²) in [5.74, 6) is 1.94. The van der Waals surface area contributed by atoms with Crippen LogP contribution < -0.4 is 4.74 Å². The van der Waals surface area contributed by atoms with Crippen LogP contribution in [-0.4, -0.2) is 34.6 Å². The second-order valence-corrected chi connectivity index (χ2v) is 5.57. The van der Waals surface area contributed by atoms with E-state index in [1.54, 1.807) is 0 Å². The van der Waals surface area contributed by atoms with Gasteiger partial charge < -0.3 is 4.74 Å². The van der Waals surface area contributed by atoms with Crippen molar-refractivity contribution >= 4 is 0 Å². The van der Waals surface area contributed by atoms with Gasteiger partial charge in [-0.1, -0.05) is 25.1 Å². The Balaban J connectivity index is 1.56. The number of hydrogen-bond acceptors (Lipinski definition) is 4. The van der Waals surface area contributed by atoms with E-state index in [-0.39, 0.29) is 6.10 Å². The van der Waals surface area contributed by atoms with Gasteiger partial charge in [0.05, 0.1) is 5.69 Å². The van der Waals surface area contributed by atoms with Crippen molar-refractivity contribution in [3.8, 4) is 5.75 Å². The molecule has 2 aromatic rings. The summed E-state index contributed by atoms with van der Waals surface area (Å²) in [4.78, 5) is 11.1. The summed E-state index contributed by atoms with van der Waals surface area (Å²) in [5.41, 5.74) is 2.38. The van der Waals surface area contributed by atoms with Crippen LogP contribution in [0.4, 0.5) is 0 Å². The number of fused-ring (bicyclic) bond motifs is 1. The van der Waals surface area contributed by atoms with Crippen LogP contribution in [0, 0.1) is 0 Å². The Hall–Kier alpha value is -1.94. The first-order valence-corrected chi connectivity index (χ1v) is 7.48. The lowest BCUT2D eigenvalue weighted by Crippen LogP contribution is -2.32. The molecule has 2 heterocycles. The Morgan fingerprint density at radius 3 is 2.95 bits per heavy atom. The summed E-state index contributed by atoms with van der Waals surface area (Å²) < 4.78 is 5.99. The number of para-hydroxylation sites is 1. The fraction of sp³-hybridized carbons (Fsp3) is 0.412. The van der Waals surface area contributed by atoms with Gasteiger partial charge in [-0.3, -0.25) is 4.90 Å². The first-order chi connectivity index (χ1) is 10.2. The van der Waals surface area contributed by atoms with E-state index < -0.39 is 0 Å². The third-order valence-corrected chi connectivity index (χ3v) is 3.74. The quantitative estimate of drug-likeness (QED) is 0.845. The fourth-order valence-corrected chi connectivity index (χ4v) is 2.74. The second-order valence-electron chi connectivity index (χ2n) is 5.57. The van der Waals surface area contributed by atoms with Crippen molar-refractivity contribution < 1.29 is 4.74 Å². The van der Waals surface area contributed by atoms with E-state index in [4.69, 9.17) is 4.74 Å². The summed E-state index contributed by atoms with van der Waals surface area (Å²) in [6.07, 6.45) is 3.94. The number of ether oxygens (including phenoxy) is 1. The predicted octanol–water partition coefficient (Wildman–Crippen LogP) is 2.47. The molecule has 0 spiro atoms. The van der Waals surface area contributed by atoms with Crippen molar-refractivity contribution in [2.24, 2.45) is 0 Å². The summed E-state index contributed by atoms with van der Waals surface area (Å²) in [6, 6.07) is 10.3. The maximum absolute atomic E-state index is 5.99. The fourth-order valence-electron chi connectivity index (χ4n) is 2.74. The Morgan fingerprint density at radius 1 is 1.29 bits per heavy atom. The van der Waals surface area contributed by atoms with Crippen LogP contribution in [0.5, 0.6) is 5.75 Å². The van der Waals surface area contributed by atoms with E-state index in [9.17, 15) is 0 Å². The van der Waals surface area contributed by atoms with Gasteiger partial charge in [-0.05, 0) is 24.7 Å². The van der Waals surface area contributed by atoms with Gasteiger partial charge in [0.2, 0.25) is 0 Å². The van der Waals surface area contributed by atoms with E-state index >= 15 is 0 Å². The zero-order valence-corrected chi connectivity index (χ0v) is 12.6. The normalized spacial score (nSPS) is 16.8. The molecule has 1 aliphatic rings. The molecule has 4 nitrogen and oxygen atoms in total. The molecule has 21 heavy (non-hydrogen) atoms. The molecule has 0 fully saturated rings. The smallest absolute Gasteiger partial charge is 0.128 e. The second kappa shape index (κ2) is 6.22. The van der Waals surface area contributed by atoms with Crippen molar-refractivity contribution in [1.29, 1.82) is 0 Å². The van der Waals surface area contributed by atoms with E-state index in [1.807, 2.05) is 24.4 Å². The maximum atomic E-state index is 5.99. The predicted molar refractivity (Wildman–Crippen MR) is 82.3 cm³/mol. The molecule has 1 aromatic heterocycles. The summed E-state index contributed by atoms with van der Waals surface area (Å²) >= 11 is 0.